The van der Waals surface area contributed by atoms with Crippen molar-refractivity contribution in [1.29, 1.82) is 0 Å². The van der Waals surface area contributed by atoms with E-state index in [1.54, 1.807) is 6.07 Å². The summed E-state index contributed by atoms with van der Waals surface area (Å²) in [5.74, 6) is 3.01. The van der Waals surface area contributed by atoms with Crippen molar-refractivity contribution in [1.82, 2.24) is 5.32 Å². The minimum absolute atomic E-state index is 0.00440. The largest absolute Gasteiger partial charge is 0.435 e. The van der Waals surface area contributed by atoms with Crippen molar-refractivity contribution < 1.29 is 18.3 Å². The van der Waals surface area contributed by atoms with Gasteiger partial charge >= 0.3 is 6.61 Å². The van der Waals surface area contributed by atoms with E-state index in [0.29, 0.717) is 17.4 Å². The van der Waals surface area contributed by atoms with Crippen LogP contribution in [0.1, 0.15) is 10.4 Å². The highest BCUT2D eigenvalue weighted by Crippen LogP contribution is 2.23. The fraction of sp³-hybridized carbons (Fsp3) is 0.462. The molecular formula is C13H15F2NO2S2. The number of rotatable bonds is 5. The van der Waals surface area contributed by atoms with Crippen LogP contribution >= 0.6 is 23.5 Å². The van der Waals surface area contributed by atoms with Gasteiger partial charge in [-0.3, -0.25) is 4.79 Å². The van der Waals surface area contributed by atoms with Gasteiger partial charge in [-0.15, -0.1) is 0 Å². The number of nitrogens with one attached hydrogen (secondary N) is 1. The third kappa shape index (κ3) is 4.86. The minimum atomic E-state index is -2.89. The standard InChI is InChI=1S/C13H15F2NO2S2/c14-13(15)18-10-3-1-2-9(6-10)12(17)16-7-11-8-19-4-5-20-11/h1-3,6,11,13H,4-5,7-8H2,(H,16,17)/t11-/m1/s1. The molecule has 0 bridgehead atoms. The van der Waals surface area contributed by atoms with Gasteiger partial charge in [0, 0.05) is 34.6 Å². The molecule has 1 fully saturated rings. The first kappa shape index (κ1) is 15.4. The van der Waals surface area contributed by atoms with Gasteiger partial charge in [0.25, 0.3) is 5.91 Å². The molecule has 110 valence electrons. The van der Waals surface area contributed by atoms with Gasteiger partial charge < -0.3 is 10.1 Å². The van der Waals surface area contributed by atoms with Crippen LogP contribution in [-0.2, 0) is 0 Å². The van der Waals surface area contributed by atoms with Gasteiger partial charge in [-0.2, -0.15) is 32.3 Å². The molecule has 3 nitrogen and oxygen atoms in total. The Morgan fingerprint density at radius 3 is 3.00 bits per heavy atom. The van der Waals surface area contributed by atoms with Gasteiger partial charge in [0.05, 0.1) is 0 Å². The predicted octanol–water partition coefficient (Wildman–Crippen LogP) is 2.87. The molecule has 1 aliphatic heterocycles. The van der Waals surface area contributed by atoms with Crippen LogP contribution in [-0.4, -0.2) is 41.6 Å². The second-order valence-corrected chi connectivity index (χ2v) is 6.74. The zero-order valence-corrected chi connectivity index (χ0v) is 12.3. The van der Waals surface area contributed by atoms with Crippen LogP contribution in [0.15, 0.2) is 24.3 Å². The smallest absolute Gasteiger partial charge is 0.387 e. The van der Waals surface area contributed by atoms with E-state index in [1.807, 2.05) is 23.5 Å². The normalized spacial score (nSPS) is 18.9. The topological polar surface area (TPSA) is 38.3 Å². The zero-order valence-electron chi connectivity index (χ0n) is 10.7. The maximum Gasteiger partial charge on any atom is 0.387 e. The molecule has 1 aliphatic rings. The summed E-state index contributed by atoms with van der Waals surface area (Å²) >= 11 is 3.74. The lowest BCUT2D eigenvalue weighted by Gasteiger charge is -2.21. The fourth-order valence-corrected chi connectivity index (χ4v) is 4.39. The number of hydrogen-bond acceptors (Lipinski definition) is 4. The van der Waals surface area contributed by atoms with Gasteiger partial charge in [0.2, 0.25) is 0 Å². The van der Waals surface area contributed by atoms with E-state index in [9.17, 15) is 13.6 Å². The van der Waals surface area contributed by atoms with Gasteiger partial charge in [0.15, 0.2) is 0 Å². The molecular weight excluding hydrogens is 304 g/mol. The lowest BCUT2D eigenvalue weighted by atomic mass is 10.2. The first-order valence-corrected chi connectivity index (χ1v) is 8.38. The van der Waals surface area contributed by atoms with Crippen LogP contribution in [0.2, 0.25) is 0 Å². The summed E-state index contributed by atoms with van der Waals surface area (Å²) in [4.78, 5) is 12.0. The molecule has 0 saturated carbocycles. The molecule has 0 unspecified atom stereocenters. The van der Waals surface area contributed by atoms with Crippen molar-refractivity contribution in [3.8, 4) is 5.75 Å². The predicted molar refractivity (Wildman–Crippen MR) is 79.0 cm³/mol. The number of halogens is 2. The first-order chi connectivity index (χ1) is 9.65. The van der Waals surface area contributed by atoms with E-state index in [0.717, 1.165) is 17.3 Å². The van der Waals surface area contributed by atoms with Crippen LogP contribution in [0, 0.1) is 0 Å². The zero-order chi connectivity index (χ0) is 14.4. The van der Waals surface area contributed by atoms with Crippen LogP contribution in [0.5, 0.6) is 5.75 Å². The van der Waals surface area contributed by atoms with Crippen molar-refractivity contribution in [2.24, 2.45) is 0 Å². The highest BCUT2D eigenvalue weighted by molar-refractivity contribution is 8.06. The highest BCUT2D eigenvalue weighted by Gasteiger charge is 2.16. The second kappa shape index (κ2) is 7.73. The molecule has 1 amide bonds. The van der Waals surface area contributed by atoms with Gasteiger partial charge in [-0.05, 0) is 18.2 Å². The summed E-state index contributed by atoms with van der Waals surface area (Å²) in [6.45, 7) is -2.29. The van der Waals surface area contributed by atoms with Crippen LogP contribution in [0.25, 0.3) is 0 Å². The number of hydrogen-bond donors (Lipinski definition) is 1. The van der Waals surface area contributed by atoms with E-state index < -0.39 is 6.61 Å². The number of alkyl halides is 2. The maximum atomic E-state index is 12.1. The summed E-state index contributed by atoms with van der Waals surface area (Å²) < 4.78 is 28.5. The SMILES string of the molecule is O=C(NC[C@@H]1CSCCS1)c1cccc(OC(F)F)c1. The Bertz CT molecular complexity index is 454. The van der Waals surface area contributed by atoms with Crippen molar-refractivity contribution in [2.45, 2.75) is 11.9 Å². The lowest BCUT2D eigenvalue weighted by Crippen LogP contribution is -2.33. The van der Waals surface area contributed by atoms with Gasteiger partial charge in [-0.1, -0.05) is 6.07 Å². The summed E-state index contributed by atoms with van der Waals surface area (Å²) in [6, 6.07) is 5.83. The molecule has 1 aromatic rings. The molecule has 0 spiro atoms. The first-order valence-electron chi connectivity index (χ1n) is 6.17. The van der Waals surface area contributed by atoms with Crippen molar-refractivity contribution in [3.63, 3.8) is 0 Å². The van der Waals surface area contributed by atoms with E-state index >= 15 is 0 Å². The molecule has 0 aliphatic carbocycles. The Morgan fingerprint density at radius 2 is 2.30 bits per heavy atom. The number of benzene rings is 1. The Balaban J connectivity index is 1.88. The molecule has 1 aromatic carbocycles. The molecule has 1 N–H and O–H groups in total. The van der Waals surface area contributed by atoms with Crippen molar-refractivity contribution in [2.75, 3.05) is 23.8 Å². The molecule has 0 radical (unpaired) electrons. The number of carbonyl (C=O) groups excluding carboxylic acids is 1. The fourth-order valence-electron chi connectivity index (χ4n) is 1.78. The van der Waals surface area contributed by atoms with E-state index in [2.05, 4.69) is 10.1 Å². The van der Waals surface area contributed by atoms with Gasteiger partial charge in [-0.25, -0.2) is 0 Å². The number of carbonyl (C=O) groups is 1. The maximum absolute atomic E-state index is 12.1. The number of amides is 1. The molecule has 1 saturated heterocycles. The molecule has 20 heavy (non-hydrogen) atoms. The third-order valence-corrected chi connectivity index (χ3v) is 5.54. The third-order valence-electron chi connectivity index (χ3n) is 2.70. The minimum Gasteiger partial charge on any atom is -0.435 e. The summed E-state index contributed by atoms with van der Waals surface area (Å²) in [5, 5.41) is 3.25. The summed E-state index contributed by atoms with van der Waals surface area (Å²) in [7, 11) is 0. The van der Waals surface area contributed by atoms with E-state index in [1.165, 1.54) is 18.2 Å². The van der Waals surface area contributed by atoms with Crippen LogP contribution in [0.4, 0.5) is 8.78 Å². The van der Waals surface area contributed by atoms with Crippen molar-refractivity contribution >= 4 is 29.4 Å². The molecule has 7 heteroatoms. The Morgan fingerprint density at radius 1 is 1.45 bits per heavy atom. The van der Waals surface area contributed by atoms with Crippen LogP contribution in [0.3, 0.4) is 0 Å². The van der Waals surface area contributed by atoms with Crippen LogP contribution < -0.4 is 10.1 Å². The average Bonchev–Trinajstić information content (AvgIpc) is 2.45. The molecule has 1 heterocycles. The number of thioether (sulfide) groups is 2. The number of ether oxygens (including phenoxy) is 1. The summed E-state index contributed by atoms with van der Waals surface area (Å²) in [6.07, 6.45) is 0. The Hall–Kier alpha value is -0.950. The average molecular weight is 319 g/mol. The van der Waals surface area contributed by atoms with Crippen molar-refractivity contribution in [3.05, 3.63) is 29.8 Å². The van der Waals surface area contributed by atoms with Gasteiger partial charge in [0.1, 0.15) is 5.75 Å². The quantitative estimate of drug-likeness (QED) is 0.906. The Labute approximate surface area is 124 Å². The van der Waals surface area contributed by atoms with E-state index in [4.69, 9.17) is 0 Å². The monoisotopic (exact) mass is 319 g/mol. The molecule has 0 aromatic heterocycles. The highest BCUT2D eigenvalue weighted by atomic mass is 32.2. The Kier molecular flexibility index (Phi) is 5.97. The summed E-state index contributed by atoms with van der Waals surface area (Å²) in [5.41, 5.74) is 0.330. The lowest BCUT2D eigenvalue weighted by molar-refractivity contribution is -0.0498. The molecule has 1 atom stereocenters. The van der Waals surface area contributed by atoms with E-state index in [-0.39, 0.29) is 11.7 Å². The molecule has 2 rings (SSSR count). The second-order valence-electron chi connectivity index (χ2n) is 4.18.